The third kappa shape index (κ3) is 4.54. The molecule has 2 aliphatic rings. The molecule has 7 nitrogen and oxygen atoms in total. The summed E-state index contributed by atoms with van der Waals surface area (Å²) in [6.07, 6.45) is 5.93. The van der Waals surface area contributed by atoms with E-state index in [1.807, 2.05) is 37.3 Å². The fraction of sp³-hybridized carbons (Fsp3) is 0.524. The molecule has 0 aromatic heterocycles. The van der Waals surface area contributed by atoms with Gasteiger partial charge < -0.3 is 15.8 Å². The van der Waals surface area contributed by atoms with E-state index < -0.39 is 11.4 Å². The number of amides is 2. The van der Waals surface area contributed by atoms with Crippen LogP contribution in [-0.2, 0) is 14.3 Å². The van der Waals surface area contributed by atoms with Gasteiger partial charge in [0.15, 0.2) is 0 Å². The molecule has 2 aliphatic heterocycles. The molecule has 0 spiro atoms. The van der Waals surface area contributed by atoms with Crippen molar-refractivity contribution >= 4 is 11.8 Å². The minimum atomic E-state index is -1.11. The lowest BCUT2D eigenvalue weighted by molar-refractivity contribution is -0.124. The lowest BCUT2D eigenvalue weighted by Crippen LogP contribution is -2.54. The molecule has 1 saturated heterocycles. The van der Waals surface area contributed by atoms with Crippen LogP contribution in [0.2, 0.25) is 0 Å². The smallest absolute Gasteiger partial charge is 0.268 e. The number of nitrogens with one attached hydrogen (secondary N) is 2. The third-order valence-corrected chi connectivity index (χ3v) is 5.48. The van der Waals surface area contributed by atoms with E-state index in [1.54, 1.807) is 18.0 Å². The van der Waals surface area contributed by atoms with Gasteiger partial charge in [-0.15, -0.1) is 0 Å². The van der Waals surface area contributed by atoms with Gasteiger partial charge in [-0.2, -0.15) is 0 Å². The van der Waals surface area contributed by atoms with E-state index in [-0.39, 0.29) is 18.1 Å². The van der Waals surface area contributed by atoms with Gasteiger partial charge in [-0.1, -0.05) is 30.3 Å². The van der Waals surface area contributed by atoms with Crippen LogP contribution in [-0.4, -0.2) is 41.6 Å². The molecule has 0 radical (unpaired) electrons. The molecular formula is C21H30N4O3. The standard InChI is InChI=1S/C21H30N4O3/c1-15(16-8-4-3-5-9-16)25-18(14-21(2,24-25)20(22)27)19(26)23-12-11-17-10-6-7-13-28-17/h3-5,8-9,14-15,17,24H,6-7,10-13H2,1-2H3,(H2,22,27)(H,23,26)/t15-,17?,21?/m0/s1. The summed E-state index contributed by atoms with van der Waals surface area (Å²) in [4.78, 5) is 24.8. The molecule has 2 heterocycles. The fourth-order valence-corrected chi connectivity index (χ4v) is 3.65. The minimum absolute atomic E-state index is 0.152. The van der Waals surface area contributed by atoms with Crippen molar-refractivity contribution in [3.63, 3.8) is 0 Å². The molecule has 1 aromatic carbocycles. The van der Waals surface area contributed by atoms with Gasteiger partial charge in [0, 0.05) is 13.2 Å². The van der Waals surface area contributed by atoms with Crippen LogP contribution in [0.25, 0.3) is 0 Å². The Balaban J connectivity index is 1.70. The average molecular weight is 386 g/mol. The van der Waals surface area contributed by atoms with Crippen molar-refractivity contribution in [1.29, 1.82) is 0 Å². The van der Waals surface area contributed by atoms with Crippen molar-refractivity contribution in [1.82, 2.24) is 15.8 Å². The molecule has 0 aliphatic carbocycles. The van der Waals surface area contributed by atoms with E-state index in [1.165, 1.54) is 6.42 Å². The first kappa shape index (κ1) is 20.4. The van der Waals surface area contributed by atoms with Crippen LogP contribution in [0.3, 0.4) is 0 Å². The Morgan fingerprint density at radius 1 is 1.36 bits per heavy atom. The number of benzene rings is 1. The molecule has 0 bridgehead atoms. The molecule has 2 amide bonds. The van der Waals surface area contributed by atoms with Crippen molar-refractivity contribution in [3.8, 4) is 0 Å². The number of rotatable bonds is 7. The Bertz CT molecular complexity index is 730. The lowest BCUT2D eigenvalue weighted by atomic mass is 10.0. The van der Waals surface area contributed by atoms with Gasteiger partial charge in [0.05, 0.1) is 12.1 Å². The maximum absolute atomic E-state index is 12.9. The highest BCUT2D eigenvalue weighted by atomic mass is 16.5. The number of nitrogens with two attached hydrogens (primary N) is 1. The van der Waals surface area contributed by atoms with Gasteiger partial charge in [0.1, 0.15) is 11.2 Å². The molecule has 3 atom stereocenters. The van der Waals surface area contributed by atoms with Gasteiger partial charge in [-0.3, -0.25) is 14.6 Å². The first-order valence-electron chi connectivity index (χ1n) is 9.95. The Hall–Kier alpha value is -2.38. The van der Waals surface area contributed by atoms with E-state index in [9.17, 15) is 9.59 Å². The molecule has 28 heavy (non-hydrogen) atoms. The van der Waals surface area contributed by atoms with Gasteiger partial charge >= 0.3 is 0 Å². The van der Waals surface area contributed by atoms with Crippen LogP contribution in [0.1, 0.15) is 51.1 Å². The average Bonchev–Trinajstić information content (AvgIpc) is 3.08. The van der Waals surface area contributed by atoms with Crippen LogP contribution < -0.4 is 16.5 Å². The number of carbonyl (C=O) groups is 2. The van der Waals surface area contributed by atoms with Gasteiger partial charge in [0.2, 0.25) is 5.91 Å². The maximum atomic E-state index is 12.9. The van der Waals surface area contributed by atoms with Crippen molar-refractivity contribution in [3.05, 3.63) is 47.7 Å². The van der Waals surface area contributed by atoms with E-state index in [2.05, 4.69) is 10.7 Å². The quantitative estimate of drug-likeness (QED) is 0.664. The van der Waals surface area contributed by atoms with E-state index in [0.29, 0.717) is 12.2 Å². The first-order valence-corrected chi connectivity index (χ1v) is 9.95. The highest BCUT2D eigenvalue weighted by Gasteiger charge is 2.42. The third-order valence-electron chi connectivity index (χ3n) is 5.48. The summed E-state index contributed by atoms with van der Waals surface area (Å²) < 4.78 is 5.72. The number of primary amides is 1. The summed E-state index contributed by atoms with van der Waals surface area (Å²) in [5.41, 5.74) is 9.01. The van der Waals surface area contributed by atoms with Gasteiger partial charge in [0.25, 0.3) is 5.91 Å². The van der Waals surface area contributed by atoms with Crippen LogP contribution in [0, 0.1) is 0 Å². The van der Waals surface area contributed by atoms with Crippen LogP contribution >= 0.6 is 0 Å². The summed E-state index contributed by atoms with van der Waals surface area (Å²) in [6.45, 7) is 4.98. The Morgan fingerprint density at radius 2 is 2.11 bits per heavy atom. The molecule has 7 heteroatoms. The van der Waals surface area contributed by atoms with Gasteiger partial charge in [-0.25, -0.2) is 5.43 Å². The van der Waals surface area contributed by atoms with Crippen LogP contribution in [0.5, 0.6) is 0 Å². The van der Waals surface area contributed by atoms with E-state index in [0.717, 1.165) is 31.4 Å². The number of hydrazine groups is 1. The summed E-state index contributed by atoms with van der Waals surface area (Å²) in [6, 6.07) is 9.66. The van der Waals surface area contributed by atoms with Crippen LogP contribution in [0.4, 0.5) is 0 Å². The molecule has 4 N–H and O–H groups in total. The van der Waals surface area contributed by atoms with Crippen molar-refractivity contribution in [2.24, 2.45) is 5.73 Å². The number of hydrogen-bond donors (Lipinski definition) is 3. The molecule has 0 saturated carbocycles. The minimum Gasteiger partial charge on any atom is -0.378 e. The monoisotopic (exact) mass is 386 g/mol. The molecule has 1 fully saturated rings. The highest BCUT2D eigenvalue weighted by Crippen LogP contribution is 2.30. The molecule has 152 valence electrons. The topological polar surface area (TPSA) is 96.7 Å². The predicted octanol–water partition coefficient (Wildman–Crippen LogP) is 1.77. The fourth-order valence-electron chi connectivity index (χ4n) is 3.65. The summed E-state index contributed by atoms with van der Waals surface area (Å²) in [7, 11) is 0. The number of nitrogens with zero attached hydrogens (tertiary/aromatic N) is 1. The van der Waals surface area contributed by atoms with Gasteiger partial charge in [-0.05, 0) is 51.2 Å². The Labute approximate surface area is 166 Å². The Kier molecular flexibility index (Phi) is 6.36. The zero-order valence-corrected chi connectivity index (χ0v) is 16.6. The Morgan fingerprint density at radius 3 is 2.75 bits per heavy atom. The van der Waals surface area contributed by atoms with Crippen LogP contribution in [0.15, 0.2) is 42.1 Å². The largest absolute Gasteiger partial charge is 0.378 e. The summed E-state index contributed by atoms with van der Waals surface area (Å²) >= 11 is 0. The SMILES string of the molecule is C[C@@H](c1ccccc1)N1NC(C)(C(N)=O)C=C1C(=O)NCCC1CCCCO1. The summed E-state index contributed by atoms with van der Waals surface area (Å²) in [5, 5.41) is 4.69. The second-order valence-electron chi connectivity index (χ2n) is 7.70. The second kappa shape index (κ2) is 8.75. The van der Waals surface area contributed by atoms with E-state index in [4.69, 9.17) is 10.5 Å². The molecular weight excluding hydrogens is 356 g/mol. The van der Waals surface area contributed by atoms with Crippen molar-refractivity contribution in [2.45, 2.75) is 57.2 Å². The normalized spacial score (nSPS) is 25.9. The van der Waals surface area contributed by atoms with Crippen molar-refractivity contribution in [2.75, 3.05) is 13.2 Å². The van der Waals surface area contributed by atoms with Crippen molar-refractivity contribution < 1.29 is 14.3 Å². The first-order chi connectivity index (χ1) is 13.4. The molecule has 2 unspecified atom stereocenters. The second-order valence-corrected chi connectivity index (χ2v) is 7.70. The number of carbonyl (C=O) groups excluding carboxylic acids is 2. The molecule has 1 aromatic rings. The number of ether oxygens (including phenoxy) is 1. The lowest BCUT2D eigenvalue weighted by Gasteiger charge is -2.32. The summed E-state index contributed by atoms with van der Waals surface area (Å²) in [5.74, 6) is -0.757. The molecule has 3 rings (SSSR count). The zero-order chi connectivity index (χ0) is 20.1. The number of hydrogen-bond acceptors (Lipinski definition) is 5. The maximum Gasteiger partial charge on any atom is 0.268 e. The zero-order valence-electron chi connectivity index (χ0n) is 16.6. The highest BCUT2D eigenvalue weighted by molar-refractivity contribution is 5.97. The van der Waals surface area contributed by atoms with E-state index >= 15 is 0 Å². The predicted molar refractivity (Wildman–Crippen MR) is 107 cm³/mol.